The Morgan fingerprint density at radius 3 is 0.721 bits per heavy atom. The summed E-state index contributed by atoms with van der Waals surface area (Å²) >= 11 is 0. The minimum Gasteiger partial charge on any atom is -0.462 e. The van der Waals surface area contributed by atoms with E-state index >= 15 is 0 Å². The molecule has 0 aromatic heterocycles. The molecule has 0 unspecified atom stereocenters. The average Bonchev–Trinajstić information content (AvgIpc) is 3.32. The lowest BCUT2D eigenvalue weighted by molar-refractivity contribution is -0.167. The van der Waals surface area contributed by atoms with E-state index in [4.69, 9.17) is 14.2 Å². The molecule has 0 aromatic carbocycles. The van der Waals surface area contributed by atoms with Gasteiger partial charge in [0.25, 0.3) is 0 Å². The van der Waals surface area contributed by atoms with Crippen molar-refractivity contribution in [3.63, 3.8) is 0 Å². The van der Waals surface area contributed by atoms with Crippen molar-refractivity contribution in [2.75, 3.05) is 13.2 Å². The second-order valence-corrected chi connectivity index (χ2v) is 21.8. The van der Waals surface area contributed by atoms with Crippen molar-refractivity contribution in [1.29, 1.82) is 0 Å². The normalized spacial score (nSPS) is 12.0. The molecule has 404 valence electrons. The molecule has 68 heavy (non-hydrogen) atoms. The van der Waals surface area contributed by atoms with Crippen LogP contribution >= 0.6 is 0 Å². The summed E-state index contributed by atoms with van der Waals surface area (Å²) in [5, 5.41) is 0. The molecule has 0 heterocycles. The number of hydrogen-bond acceptors (Lipinski definition) is 6. The van der Waals surface area contributed by atoms with E-state index in [1.165, 1.54) is 250 Å². The zero-order valence-corrected chi connectivity index (χ0v) is 46.6. The van der Waals surface area contributed by atoms with Crippen LogP contribution in [0.4, 0.5) is 0 Å². The summed E-state index contributed by atoms with van der Waals surface area (Å²) in [7, 11) is 0. The Morgan fingerprint density at radius 2 is 0.485 bits per heavy atom. The third kappa shape index (κ3) is 55.3. The third-order valence-corrected chi connectivity index (χ3v) is 14.3. The number of unbranched alkanes of at least 4 members (excludes halogenated alkanes) is 44. The van der Waals surface area contributed by atoms with E-state index in [9.17, 15) is 14.4 Å². The van der Waals surface area contributed by atoms with Crippen LogP contribution in [0, 0.1) is 5.92 Å². The van der Waals surface area contributed by atoms with E-state index in [-0.39, 0.29) is 31.1 Å². The number of ether oxygens (including phenoxy) is 3. The molecule has 0 fully saturated rings. The zero-order chi connectivity index (χ0) is 49.5. The first-order valence-corrected chi connectivity index (χ1v) is 30.9. The molecule has 0 aromatic rings. The van der Waals surface area contributed by atoms with Crippen molar-refractivity contribution in [2.24, 2.45) is 5.92 Å². The van der Waals surface area contributed by atoms with Gasteiger partial charge in [-0.2, -0.15) is 0 Å². The van der Waals surface area contributed by atoms with Crippen LogP contribution in [0.25, 0.3) is 0 Å². The summed E-state index contributed by atoms with van der Waals surface area (Å²) in [5.41, 5.74) is 0. The van der Waals surface area contributed by atoms with Crippen LogP contribution in [0.5, 0.6) is 0 Å². The van der Waals surface area contributed by atoms with Crippen molar-refractivity contribution in [1.82, 2.24) is 0 Å². The van der Waals surface area contributed by atoms with Crippen LogP contribution in [-0.4, -0.2) is 37.2 Å². The van der Waals surface area contributed by atoms with Crippen LogP contribution in [-0.2, 0) is 28.6 Å². The standard InChI is InChI=1S/C62H120O6/c1-5-7-9-11-13-15-17-19-21-23-24-26-29-33-37-41-45-49-53-60(63)66-56-59(68-62(65)55-51-47-43-39-35-30-25-22-20-18-16-14-12-10-8-6-2)57-67-61(64)54-50-46-42-38-34-31-27-28-32-36-40-44-48-52-58(3)4/h58-59H,5-57H2,1-4H3/t59-/m1/s1. The minimum atomic E-state index is -0.762. The predicted octanol–water partition coefficient (Wildman–Crippen LogP) is 20.6. The highest BCUT2D eigenvalue weighted by Crippen LogP contribution is 2.18. The Hall–Kier alpha value is -1.59. The van der Waals surface area contributed by atoms with Gasteiger partial charge in [0.2, 0.25) is 0 Å². The first-order valence-electron chi connectivity index (χ1n) is 30.9. The fraction of sp³-hybridized carbons (Fsp3) is 0.952. The fourth-order valence-corrected chi connectivity index (χ4v) is 9.63. The van der Waals surface area contributed by atoms with Crippen molar-refractivity contribution in [3.8, 4) is 0 Å². The molecule has 0 saturated carbocycles. The van der Waals surface area contributed by atoms with E-state index in [1.807, 2.05) is 0 Å². The first kappa shape index (κ1) is 66.4. The molecule has 0 radical (unpaired) electrons. The SMILES string of the molecule is CCCCCCCCCCCCCCCCCCCCC(=O)OC[C@H](COC(=O)CCCCCCCCCCCCCCCC(C)C)OC(=O)CCCCCCCCCCCCCCCCCC. The summed E-state index contributed by atoms with van der Waals surface area (Å²) in [6, 6.07) is 0. The van der Waals surface area contributed by atoms with Crippen LogP contribution in [0.3, 0.4) is 0 Å². The lowest BCUT2D eigenvalue weighted by Crippen LogP contribution is -2.30. The van der Waals surface area contributed by atoms with Gasteiger partial charge >= 0.3 is 17.9 Å². The highest BCUT2D eigenvalue weighted by molar-refractivity contribution is 5.71. The maximum atomic E-state index is 12.9. The minimum absolute atomic E-state index is 0.0614. The summed E-state index contributed by atoms with van der Waals surface area (Å²) in [4.78, 5) is 38.2. The monoisotopic (exact) mass is 961 g/mol. The largest absolute Gasteiger partial charge is 0.462 e. The molecule has 0 N–H and O–H groups in total. The summed E-state index contributed by atoms with van der Waals surface area (Å²) < 4.78 is 16.9. The van der Waals surface area contributed by atoms with Gasteiger partial charge < -0.3 is 14.2 Å². The van der Waals surface area contributed by atoms with Crippen molar-refractivity contribution < 1.29 is 28.6 Å². The second-order valence-electron chi connectivity index (χ2n) is 21.8. The smallest absolute Gasteiger partial charge is 0.306 e. The maximum absolute atomic E-state index is 12.9. The molecule has 6 heteroatoms. The van der Waals surface area contributed by atoms with Crippen LogP contribution < -0.4 is 0 Å². The lowest BCUT2D eigenvalue weighted by atomic mass is 10.0. The molecule has 6 nitrogen and oxygen atoms in total. The molecule has 0 spiro atoms. The van der Waals surface area contributed by atoms with Gasteiger partial charge in [0, 0.05) is 19.3 Å². The number of hydrogen-bond donors (Lipinski definition) is 0. The highest BCUT2D eigenvalue weighted by atomic mass is 16.6. The quantitative estimate of drug-likeness (QED) is 0.0343. The molecule has 0 rings (SSSR count). The molecule has 0 aliphatic heterocycles. The Bertz CT molecular complexity index is 1030. The van der Waals surface area contributed by atoms with Gasteiger partial charge in [0.15, 0.2) is 6.10 Å². The van der Waals surface area contributed by atoms with Gasteiger partial charge in [-0.25, -0.2) is 0 Å². The average molecular weight is 962 g/mol. The highest BCUT2D eigenvalue weighted by Gasteiger charge is 2.19. The zero-order valence-electron chi connectivity index (χ0n) is 46.6. The van der Waals surface area contributed by atoms with Gasteiger partial charge in [-0.3, -0.25) is 14.4 Å². The van der Waals surface area contributed by atoms with Crippen molar-refractivity contribution >= 4 is 17.9 Å². The van der Waals surface area contributed by atoms with Crippen LogP contribution in [0.2, 0.25) is 0 Å². The molecule has 1 atom stereocenters. The van der Waals surface area contributed by atoms with E-state index in [0.717, 1.165) is 63.7 Å². The molecular weight excluding hydrogens is 841 g/mol. The van der Waals surface area contributed by atoms with Crippen molar-refractivity contribution in [3.05, 3.63) is 0 Å². The summed E-state index contributed by atoms with van der Waals surface area (Å²) in [5.74, 6) is 0.00975. The van der Waals surface area contributed by atoms with E-state index in [1.54, 1.807) is 0 Å². The Morgan fingerprint density at radius 1 is 0.279 bits per heavy atom. The Balaban J connectivity index is 4.29. The molecule has 0 bridgehead atoms. The van der Waals surface area contributed by atoms with Crippen molar-refractivity contribution in [2.45, 2.75) is 361 Å². The lowest BCUT2D eigenvalue weighted by Gasteiger charge is -2.18. The topological polar surface area (TPSA) is 78.9 Å². The van der Waals surface area contributed by atoms with Crippen LogP contribution in [0.15, 0.2) is 0 Å². The Kier molecular flexibility index (Phi) is 55.0. The van der Waals surface area contributed by atoms with Gasteiger partial charge in [-0.05, 0) is 25.2 Å². The van der Waals surface area contributed by atoms with Gasteiger partial charge in [-0.1, -0.05) is 317 Å². The van der Waals surface area contributed by atoms with Gasteiger partial charge in [-0.15, -0.1) is 0 Å². The molecule has 0 aliphatic rings. The van der Waals surface area contributed by atoms with E-state index in [2.05, 4.69) is 27.7 Å². The van der Waals surface area contributed by atoms with Crippen LogP contribution in [0.1, 0.15) is 355 Å². The molecule has 0 aliphatic carbocycles. The summed E-state index contributed by atoms with van der Waals surface area (Å²) in [6.45, 7) is 9.08. The third-order valence-electron chi connectivity index (χ3n) is 14.3. The fourth-order valence-electron chi connectivity index (χ4n) is 9.63. The predicted molar refractivity (Wildman–Crippen MR) is 293 cm³/mol. The maximum Gasteiger partial charge on any atom is 0.306 e. The molecular formula is C62H120O6. The second kappa shape index (κ2) is 56.3. The number of esters is 3. The van der Waals surface area contributed by atoms with Gasteiger partial charge in [0.05, 0.1) is 0 Å². The first-order chi connectivity index (χ1) is 33.4. The Labute approximate surface area is 425 Å². The molecule has 0 amide bonds. The number of rotatable bonds is 57. The van der Waals surface area contributed by atoms with E-state index < -0.39 is 6.10 Å². The number of carbonyl (C=O) groups excluding carboxylic acids is 3. The molecule has 0 saturated heterocycles. The van der Waals surface area contributed by atoms with E-state index in [0.29, 0.717) is 19.3 Å². The number of carbonyl (C=O) groups is 3. The van der Waals surface area contributed by atoms with Gasteiger partial charge in [0.1, 0.15) is 13.2 Å². The summed E-state index contributed by atoms with van der Waals surface area (Å²) in [6.07, 6.45) is 62.4.